The van der Waals surface area contributed by atoms with Crippen LogP contribution < -0.4 is 10.6 Å². The predicted molar refractivity (Wildman–Crippen MR) is 85.2 cm³/mol. The Hall–Kier alpha value is -2.09. The van der Waals surface area contributed by atoms with E-state index in [2.05, 4.69) is 33.2 Å². The van der Waals surface area contributed by atoms with E-state index in [4.69, 9.17) is 5.11 Å². The number of urea groups is 1. The van der Waals surface area contributed by atoms with Crippen LogP contribution in [-0.2, 0) is 0 Å². The number of anilines is 2. The predicted octanol–water partition coefficient (Wildman–Crippen LogP) is 3.63. The molecule has 20 heavy (non-hydrogen) atoms. The summed E-state index contributed by atoms with van der Waals surface area (Å²) in [5.74, 6) is -1.09. The average Bonchev–Trinajstić information content (AvgIpc) is 2.41. The van der Waals surface area contributed by atoms with Gasteiger partial charge in [0.05, 0.1) is 16.9 Å². The second kappa shape index (κ2) is 6.38. The fourth-order valence-corrected chi connectivity index (χ4v) is 2.14. The monoisotopic (exact) mass is 382 g/mol. The molecule has 0 saturated carbocycles. The van der Waals surface area contributed by atoms with Crippen molar-refractivity contribution in [3.05, 3.63) is 57.7 Å². The van der Waals surface area contributed by atoms with Crippen LogP contribution in [0.2, 0.25) is 0 Å². The van der Waals surface area contributed by atoms with Crippen molar-refractivity contribution in [2.75, 3.05) is 10.6 Å². The Morgan fingerprint density at radius 2 is 1.45 bits per heavy atom. The van der Waals surface area contributed by atoms with E-state index in [0.29, 0.717) is 5.69 Å². The summed E-state index contributed by atoms with van der Waals surface area (Å²) >= 11 is 2.11. The summed E-state index contributed by atoms with van der Waals surface area (Å²) in [7, 11) is 0. The lowest BCUT2D eigenvalue weighted by Gasteiger charge is -2.10. The van der Waals surface area contributed by atoms with Crippen LogP contribution in [0.15, 0.2) is 48.5 Å². The van der Waals surface area contributed by atoms with Crippen molar-refractivity contribution in [3.8, 4) is 0 Å². The zero-order valence-electron chi connectivity index (χ0n) is 10.3. The number of carbonyl (C=O) groups is 2. The highest BCUT2D eigenvalue weighted by Crippen LogP contribution is 2.18. The molecule has 102 valence electrons. The molecule has 0 fully saturated rings. The van der Waals surface area contributed by atoms with Gasteiger partial charge in [0.25, 0.3) is 0 Å². The second-order valence-corrected chi connectivity index (χ2v) is 5.07. The molecule has 2 aromatic carbocycles. The standard InChI is InChI=1S/C14H11IN2O3/c15-10-6-2-4-8-12(10)17-14(20)16-11-7-3-1-5-9(11)13(18)19/h1-8H,(H,18,19)(H2,16,17,20). The molecular formula is C14H11IN2O3. The van der Waals surface area contributed by atoms with Gasteiger partial charge in [0.2, 0.25) is 0 Å². The number of carbonyl (C=O) groups excluding carboxylic acids is 1. The molecule has 2 aromatic rings. The Bertz CT molecular complexity index is 658. The van der Waals surface area contributed by atoms with Gasteiger partial charge >= 0.3 is 12.0 Å². The van der Waals surface area contributed by atoms with Gasteiger partial charge in [0.15, 0.2) is 0 Å². The van der Waals surface area contributed by atoms with Crippen molar-refractivity contribution in [2.45, 2.75) is 0 Å². The van der Waals surface area contributed by atoms with Crippen molar-refractivity contribution in [1.29, 1.82) is 0 Å². The van der Waals surface area contributed by atoms with Gasteiger partial charge in [-0.15, -0.1) is 0 Å². The molecule has 3 N–H and O–H groups in total. The van der Waals surface area contributed by atoms with E-state index in [1.807, 2.05) is 18.2 Å². The maximum Gasteiger partial charge on any atom is 0.337 e. The summed E-state index contributed by atoms with van der Waals surface area (Å²) < 4.78 is 0.895. The van der Waals surface area contributed by atoms with Crippen LogP contribution in [0.25, 0.3) is 0 Å². The minimum absolute atomic E-state index is 0.0467. The number of benzene rings is 2. The summed E-state index contributed by atoms with van der Waals surface area (Å²) in [4.78, 5) is 22.9. The highest BCUT2D eigenvalue weighted by Gasteiger charge is 2.12. The Morgan fingerprint density at radius 3 is 2.10 bits per heavy atom. The van der Waals surface area contributed by atoms with E-state index in [1.54, 1.807) is 24.3 Å². The van der Waals surface area contributed by atoms with Gasteiger partial charge in [-0.1, -0.05) is 24.3 Å². The zero-order chi connectivity index (χ0) is 14.5. The zero-order valence-corrected chi connectivity index (χ0v) is 12.4. The molecule has 0 spiro atoms. The number of carboxylic acid groups (broad SMARTS) is 1. The van der Waals surface area contributed by atoms with Crippen LogP contribution in [-0.4, -0.2) is 17.1 Å². The van der Waals surface area contributed by atoms with Gasteiger partial charge in [-0.3, -0.25) is 0 Å². The van der Waals surface area contributed by atoms with Crippen molar-refractivity contribution < 1.29 is 14.7 Å². The van der Waals surface area contributed by atoms with Gasteiger partial charge in [0.1, 0.15) is 0 Å². The molecule has 5 nitrogen and oxygen atoms in total. The second-order valence-electron chi connectivity index (χ2n) is 3.91. The van der Waals surface area contributed by atoms with Crippen LogP contribution in [0.5, 0.6) is 0 Å². The van der Waals surface area contributed by atoms with Crippen LogP contribution in [0.1, 0.15) is 10.4 Å². The fourth-order valence-electron chi connectivity index (χ4n) is 1.62. The van der Waals surface area contributed by atoms with Gasteiger partial charge in [0, 0.05) is 3.57 Å². The minimum atomic E-state index is -1.09. The molecule has 2 amide bonds. The summed E-state index contributed by atoms with van der Waals surface area (Å²) in [6.07, 6.45) is 0. The number of halogens is 1. The Morgan fingerprint density at radius 1 is 0.900 bits per heavy atom. The molecule has 0 heterocycles. The van der Waals surface area contributed by atoms with Crippen LogP contribution in [0.4, 0.5) is 16.2 Å². The number of amides is 2. The first-order chi connectivity index (χ1) is 9.58. The molecule has 0 saturated heterocycles. The van der Waals surface area contributed by atoms with E-state index in [-0.39, 0.29) is 11.3 Å². The summed E-state index contributed by atoms with van der Waals surface area (Å²) in [6, 6.07) is 13.1. The lowest BCUT2D eigenvalue weighted by Crippen LogP contribution is -2.21. The number of hydrogen-bond acceptors (Lipinski definition) is 2. The molecule has 0 aliphatic rings. The molecule has 6 heteroatoms. The molecule has 0 aromatic heterocycles. The molecule has 0 bridgehead atoms. The minimum Gasteiger partial charge on any atom is -0.478 e. The number of aromatic carboxylic acids is 1. The highest BCUT2D eigenvalue weighted by atomic mass is 127. The smallest absolute Gasteiger partial charge is 0.337 e. The first-order valence-corrected chi connectivity index (χ1v) is 6.80. The third-order valence-corrected chi connectivity index (χ3v) is 3.47. The van der Waals surface area contributed by atoms with Crippen molar-refractivity contribution in [1.82, 2.24) is 0 Å². The SMILES string of the molecule is O=C(Nc1ccccc1I)Nc1ccccc1C(=O)O. The topological polar surface area (TPSA) is 78.4 Å². The first-order valence-electron chi connectivity index (χ1n) is 5.73. The quantitative estimate of drug-likeness (QED) is 0.710. The van der Waals surface area contributed by atoms with E-state index >= 15 is 0 Å². The summed E-state index contributed by atoms with van der Waals surface area (Å²) in [5, 5.41) is 14.2. The number of nitrogens with one attached hydrogen (secondary N) is 2. The number of carboxylic acids is 1. The third-order valence-electron chi connectivity index (χ3n) is 2.53. The van der Waals surface area contributed by atoms with Gasteiger partial charge in [-0.2, -0.15) is 0 Å². The Kier molecular flexibility index (Phi) is 4.57. The molecule has 2 rings (SSSR count). The summed E-state index contributed by atoms with van der Waals surface area (Å²) in [5.41, 5.74) is 0.965. The van der Waals surface area contributed by atoms with E-state index in [9.17, 15) is 9.59 Å². The van der Waals surface area contributed by atoms with E-state index < -0.39 is 12.0 Å². The number of hydrogen-bond donors (Lipinski definition) is 3. The molecule has 0 unspecified atom stereocenters. The van der Waals surface area contributed by atoms with Gasteiger partial charge < -0.3 is 15.7 Å². The van der Waals surface area contributed by atoms with E-state index in [0.717, 1.165) is 3.57 Å². The molecule has 0 aliphatic carbocycles. The first kappa shape index (κ1) is 14.3. The number of rotatable bonds is 3. The average molecular weight is 382 g/mol. The fraction of sp³-hybridized carbons (Fsp3) is 0. The molecule has 0 atom stereocenters. The Labute approximate surface area is 129 Å². The summed E-state index contributed by atoms with van der Waals surface area (Å²) in [6.45, 7) is 0. The van der Waals surface area contributed by atoms with Gasteiger partial charge in [-0.05, 0) is 46.9 Å². The third kappa shape index (κ3) is 3.47. The normalized spacial score (nSPS) is 9.85. The maximum atomic E-state index is 11.9. The van der Waals surface area contributed by atoms with E-state index in [1.165, 1.54) is 6.07 Å². The van der Waals surface area contributed by atoms with Crippen LogP contribution >= 0.6 is 22.6 Å². The van der Waals surface area contributed by atoms with Crippen LogP contribution in [0.3, 0.4) is 0 Å². The lowest BCUT2D eigenvalue weighted by molar-refractivity contribution is 0.0698. The van der Waals surface area contributed by atoms with Gasteiger partial charge in [-0.25, -0.2) is 9.59 Å². The molecule has 0 aliphatic heterocycles. The van der Waals surface area contributed by atoms with Crippen molar-refractivity contribution in [2.24, 2.45) is 0 Å². The lowest BCUT2D eigenvalue weighted by atomic mass is 10.2. The largest absolute Gasteiger partial charge is 0.478 e. The van der Waals surface area contributed by atoms with Crippen LogP contribution in [0, 0.1) is 3.57 Å². The molecule has 0 radical (unpaired) electrons. The maximum absolute atomic E-state index is 11.9. The highest BCUT2D eigenvalue weighted by molar-refractivity contribution is 14.1. The number of para-hydroxylation sites is 2. The molecular weight excluding hydrogens is 371 g/mol. The van der Waals surface area contributed by atoms with Crippen molar-refractivity contribution >= 4 is 46.0 Å². The van der Waals surface area contributed by atoms with Crippen molar-refractivity contribution in [3.63, 3.8) is 0 Å². The Balaban J connectivity index is 2.13.